The second-order valence-corrected chi connectivity index (χ2v) is 10.6. The number of carbonyl (C=O) groups is 1. The van der Waals surface area contributed by atoms with Crippen molar-refractivity contribution in [3.05, 3.63) is 72.9 Å². The number of rotatable bonds is 16. The van der Waals surface area contributed by atoms with Gasteiger partial charge in [0.15, 0.2) is 5.79 Å². The third-order valence-electron chi connectivity index (χ3n) is 6.43. The van der Waals surface area contributed by atoms with E-state index < -0.39 is 5.79 Å². The fourth-order valence-electron chi connectivity index (χ4n) is 4.06. The molecular formula is C32H50O6. The van der Waals surface area contributed by atoms with Gasteiger partial charge in [0, 0.05) is 25.5 Å². The van der Waals surface area contributed by atoms with Gasteiger partial charge in [-0.25, -0.2) is 4.79 Å². The lowest BCUT2D eigenvalue weighted by atomic mass is 9.87. The van der Waals surface area contributed by atoms with Gasteiger partial charge in [-0.1, -0.05) is 66.8 Å². The summed E-state index contributed by atoms with van der Waals surface area (Å²) in [4.78, 5) is 11.2. The first-order chi connectivity index (χ1) is 18.0. The first-order valence-electron chi connectivity index (χ1n) is 13.7. The number of allylic oxidation sites excluding steroid dienone is 8. The van der Waals surface area contributed by atoms with Gasteiger partial charge < -0.3 is 24.1 Å². The molecule has 0 bridgehead atoms. The van der Waals surface area contributed by atoms with Crippen LogP contribution in [-0.4, -0.2) is 55.0 Å². The molecule has 38 heavy (non-hydrogen) atoms. The maximum absolute atomic E-state index is 11.2. The molecule has 1 aliphatic heterocycles. The van der Waals surface area contributed by atoms with E-state index in [4.69, 9.17) is 14.2 Å². The topological polar surface area (TPSA) is 74.2 Å². The average Bonchev–Trinajstić information content (AvgIpc) is 2.85. The van der Waals surface area contributed by atoms with Crippen molar-refractivity contribution in [2.24, 2.45) is 5.92 Å². The molecule has 1 rings (SSSR count). The van der Waals surface area contributed by atoms with E-state index in [1.54, 1.807) is 13.2 Å². The highest BCUT2D eigenvalue weighted by Gasteiger charge is 2.33. The van der Waals surface area contributed by atoms with Crippen molar-refractivity contribution in [1.29, 1.82) is 0 Å². The average molecular weight is 531 g/mol. The summed E-state index contributed by atoms with van der Waals surface area (Å²) in [5.41, 5.74) is -0.333. The predicted molar refractivity (Wildman–Crippen MR) is 155 cm³/mol. The Kier molecular flexibility index (Phi) is 16.1. The van der Waals surface area contributed by atoms with Crippen LogP contribution in [0.15, 0.2) is 72.9 Å². The molecule has 1 N–H and O–H groups in total. The number of aliphatic hydroxyl groups excluding tert-OH is 1. The largest absolute Gasteiger partial charge is 0.466 e. The lowest BCUT2D eigenvalue weighted by molar-refractivity contribution is -0.289. The molecule has 4 atom stereocenters. The van der Waals surface area contributed by atoms with Crippen LogP contribution in [0.1, 0.15) is 73.1 Å². The monoisotopic (exact) mass is 530 g/mol. The smallest absolute Gasteiger partial charge is 0.330 e. The quantitative estimate of drug-likeness (QED) is 0.103. The molecule has 0 aliphatic carbocycles. The zero-order valence-corrected chi connectivity index (χ0v) is 24.5. The van der Waals surface area contributed by atoms with E-state index in [1.165, 1.54) is 13.2 Å². The highest BCUT2D eigenvalue weighted by molar-refractivity contribution is 5.82. The minimum Gasteiger partial charge on any atom is -0.466 e. The van der Waals surface area contributed by atoms with Gasteiger partial charge in [0.1, 0.15) is 0 Å². The number of unbranched alkanes of at least 4 members (excludes halogenated alkanes) is 1. The van der Waals surface area contributed by atoms with E-state index in [2.05, 4.69) is 61.1 Å². The number of hydrogen-bond acceptors (Lipinski definition) is 6. The van der Waals surface area contributed by atoms with E-state index in [0.29, 0.717) is 0 Å². The number of carbonyl (C=O) groups excluding carboxylic acids is 1. The second kappa shape index (κ2) is 18.1. The molecule has 0 aromatic carbocycles. The van der Waals surface area contributed by atoms with Crippen LogP contribution in [0.2, 0.25) is 0 Å². The number of hydrogen-bond donors (Lipinski definition) is 1. The Hall–Kier alpha value is -2.25. The van der Waals surface area contributed by atoms with Crippen molar-refractivity contribution in [1.82, 2.24) is 0 Å². The summed E-state index contributed by atoms with van der Waals surface area (Å²) in [5, 5.41) is 9.33. The fourth-order valence-corrected chi connectivity index (χ4v) is 4.06. The van der Waals surface area contributed by atoms with Crippen molar-refractivity contribution in [2.45, 2.75) is 103 Å². The Labute approximate surface area is 230 Å². The van der Waals surface area contributed by atoms with E-state index in [0.717, 1.165) is 38.5 Å². The SMILES string of the molecule is COC(=O)/C=C\C=C\CC(/C=C/C=C\C[C@H]1C[C@H](/C=C/C=C/CCC[C@@H](C)O)OC(C)(C)O1)C(C)(C)OC. The fraction of sp³-hybridized carbons (Fsp3) is 0.594. The summed E-state index contributed by atoms with van der Waals surface area (Å²) < 4.78 is 22.5. The van der Waals surface area contributed by atoms with Crippen molar-refractivity contribution in [3.63, 3.8) is 0 Å². The molecule has 0 radical (unpaired) electrons. The molecule has 6 nitrogen and oxygen atoms in total. The van der Waals surface area contributed by atoms with Crippen LogP contribution in [0.3, 0.4) is 0 Å². The molecule has 1 unspecified atom stereocenters. The van der Waals surface area contributed by atoms with Crippen molar-refractivity contribution < 1.29 is 28.8 Å². The first kappa shape index (κ1) is 33.8. The highest BCUT2D eigenvalue weighted by Crippen LogP contribution is 2.29. The molecule has 0 aromatic heterocycles. The summed E-state index contributed by atoms with van der Waals surface area (Å²) in [6, 6.07) is 0. The zero-order chi connectivity index (χ0) is 28.4. The predicted octanol–water partition coefficient (Wildman–Crippen LogP) is 6.78. The van der Waals surface area contributed by atoms with E-state index in [-0.39, 0.29) is 35.8 Å². The van der Waals surface area contributed by atoms with Crippen LogP contribution in [0.4, 0.5) is 0 Å². The highest BCUT2D eigenvalue weighted by atomic mass is 16.7. The van der Waals surface area contributed by atoms with Crippen LogP contribution >= 0.6 is 0 Å². The number of esters is 1. The Balaban J connectivity index is 2.63. The minimum absolute atomic E-state index is 0.00158. The number of ether oxygens (including phenoxy) is 4. The van der Waals surface area contributed by atoms with Crippen LogP contribution in [-0.2, 0) is 23.7 Å². The molecule has 1 saturated heterocycles. The first-order valence-corrected chi connectivity index (χ1v) is 13.7. The molecule has 214 valence electrons. The third-order valence-corrected chi connectivity index (χ3v) is 6.43. The molecule has 0 aromatic rings. The molecule has 1 fully saturated rings. The van der Waals surface area contributed by atoms with Crippen LogP contribution in [0, 0.1) is 5.92 Å². The van der Waals surface area contributed by atoms with Gasteiger partial charge in [-0.05, 0) is 66.7 Å². The van der Waals surface area contributed by atoms with Crippen LogP contribution in [0.25, 0.3) is 0 Å². The van der Waals surface area contributed by atoms with Crippen LogP contribution < -0.4 is 0 Å². The Morgan fingerprint density at radius 2 is 1.76 bits per heavy atom. The van der Waals surface area contributed by atoms with Crippen molar-refractivity contribution in [3.8, 4) is 0 Å². The molecule has 0 spiro atoms. The normalized spacial score (nSPS) is 22.5. The molecular weight excluding hydrogens is 480 g/mol. The maximum atomic E-state index is 11.2. The van der Waals surface area contributed by atoms with Gasteiger partial charge >= 0.3 is 5.97 Å². The minimum atomic E-state index is -0.634. The number of methoxy groups -OCH3 is 2. The lowest BCUT2D eigenvalue weighted by Gasteiger charge is -2.39. The Morgan fingerprint density at radius 3 is 2.45 bits per heavy atom. The van der Waals surface area contributed by atoms with E-state index >= 15 is 0 Å². The Morgan fingerprint density at radius 1 is 1.05 bits per heavy atom. The third kappa shape index (κ3) is 15.2. The van der Waals surface area contributed by atoms with Gasteiger partial charge in [-0.3, -0.25) is 0 Å². The zero-order valence-electron chi connectivity index (χ0n) is 24.5. The molecule has 6 heteroatoms. The summed E-state index contributed by atoms with van der Waals surface area (Å²) >= 11 is 0. The summed E-state index contributed by atoms with van der Waals surface area (Å²) in [6.45, 7) is 9.88. The maximum Gasteiger partial charge on any atom is 0.330 e. The Bertz CT molecular complexity index is 844. The van der Waals surface area contributed by atoms with Crippen molar-refractivity contribution in [2.75, 3.05) is 14.2 Å². The van der Waals surface area contributed by atoms with Gasteiger partial charge in [-0.2, -0.15) is 0 Å². The molecule has 1 aliphatic rings. The summed E-state index contributed by atoms with van der Waals surface area (Å²) in [6.07, 6.45) is 28.7. The van der Waals surface area contributed by atoms with Gasteiger partial charge in [0.05, 0.1) is 31.0 Å². The van der Waals surface area contributed by atoms with Crippen molar-refractivity contribution >= 4 is 5.97 Å². The van der Waals surface area contributed by atoms with Gasteiger partial charge in [-0.15, -0.1) is 0 Å². The summed E-state index contributed by atoms with van der Waals surface area (Å²) in [5.74, 6) is -0.845. The van der Waals surface area contributed by atoms with E-state index in [1.807, 2.05) is 39.0 Å². The van der Waals surface area contributed by atoms with Gasteiger partial charge in [0.2, 0.25) is 0 Å². The summed E-state index contributed by atoms with van der Waals surface area (Å²) in [7, 11) is 3.08. The molecule has 0 amide bonds. The second-order valence-electron chi connectivity index (χ2n) is 10.6. The van der Waals surface area contributed by atoms with E-state index in [9.17, 15) is 9.90 Å². The van der Waals surface area contributed by atoms with Gasteiger partial charge in [0.25, 0.3) is 0 Å². The molecule has 1 heterocycles. The molecule has 0 saturated carbocycles. The number of aliphatic hydroxyl groups is 1. The van der Waals surface area contributed by atoms with Crippen LogP contribution in [0.5, 0.6) is 0 Å². The lowest BCUT2D eigenvalue weighted by Crippen LogP contribution is -2.43. The standard InChI is InChI=1S/C32H50O6/c1-26(33)19-13-9-8-10-16-22-28-25-29(38-32(4,5)37-28)23-17-11-14-20-27(31(2,3)36-7)21-15-12-18-24-30(34)35-6/h8,10-12,14-18,20,22,24,26-29,33H,9,13,19,21,23,25H2,1-7H3/b10-8+,15-12+,17-11-,20-14+,22-16+,24-18-/t26-,27?,28+,29+/m1/s1.